The van der Waals surface area contributed by atoms with E-state index in [1.165, 1.54) is 5.56 Å². The number of nitrogens with one attached hydrogen (secondary N) is 1. The Morgan fingerprint density at radius 1 is 1.09 bits per heavy atom. The van der Waals surface area contributed by atoms with Gasteiger partial charge < -0.3 is 10.2 Å². The molecule has 2 aliphatic rings. The quantitative estimate of drug-likeness (QED) is 0.923. The van der Waals surface area contributed by atoms with Crippen LogP contribution in [0.25, 0.3) is 0 Å². The van der Waals surface area contributed by atoms with Crippen molar-refractivity contribution in [3.8, 4) is 0 Å². The summed E-state index contributed by atoms with van der Waals surface area (Å²) < 4.78 is 0. The van der Waals surface area contributed by atoms with Gasteiger partial charge in [0.2, 0.25) is 5.91 Å². The number of nitrogens with zero attached hydrogens (tertiary/aromatic N) is 2. The Balaban J connectivity index is 1.56. The van der Waals surface area contributed by atoms with Gasteiger partial charge in [-0.05, 0) is 37.9 Å². The number of rotatable bonds is 3. The topological polar surface area (TPSA) is 35.6 Å². The molecule has 1 aromatic rings. The third-order valence-corrected chi connectivity index (χ3v) is 4.76. The Kier molecular flexibility index (Phi) is 5.46. The Morgan fingerprint density at radius 3 is 2.82 bits per heavy atom. The average molecular weight is 301 g/mol. The number of carbonyl (C=O) groups is 1. The van der Waals surface area contributed by atoms with Gasteiger partial charge in [-0.2, -0.15) is 0 Å². The Morgan fingerprint density at radius 2 is 1.95 bits per heavy atom. The zero-order valence-electron chi connectivity index (χ0n) is 13.3. The molecule has 0 saturated carbocycles. The number of amides is 1. The lowest BCUT2D eigenvalue weighted by molar-refractivity contribution is -0.137. The highest BCUT2D eigenvalue weighted by molar-refractivity contribution is 5.79. The lowest BCUT2D eigenvalue weighted by Gasteiger charge is -2.34. The Labute approximate surface area is 133 Å². The van der Waals surface area contributed by atoms with Crippen molar-refractivity contribution < 1.29 is 4.79 Å². The maximum Gasteiger partial charge on any atom is 0.227 e. The number of likely N-dealkylation sites (tertiary alicyclic amines) is 1. The van der Waals surface area contributed by atoms with Crippen LogP contribution < -0.4 is 5.32 Å². The molecule has 4 heteroatoms. The standard InChI is InChI=1S/C18H27N3O/c22-18(21-12-5-9-19-10-13-21)17-8-4-11-20(15-17)14-16-6-2-1-3-7-16/h1-3,6-7,17,19H,4-5,8-15H2. The van der Waals surface area contributed by atoms with E-state index in [-0.39, 0.29) is 5.92 Å². The van der Waals surface area contributed by atoms with Gasteiger partial charge in [-0.1, -0.05) is 30.3 Å². The van der Waals surface area contributed by atoms with E-state index in [1.54, 1.807) is 0 Å². The molecule has 1 atom stereocenters. The highest BCUT2D eigenvalue weighted by Crippen LogP contribution is 2.21. The lowest BCUT2D eigenvalue weighted by Crippen LogP contribution is -2.45. The molecule has 2 heterocycles. The van der Waals surface area contributed by atoms with Gasteiger partial charge in [0.15, 0.2) is 0 Å². The SMILES string of the molecule is O=C(C1CCCN(Cc2ccccc2)C1)N1CCCNCC1. The van der Waals surface area contributed by atoms with Gasteiger partial charge in [-0.3, -0.25) is 9.69 Å². The summed E-state index contributed by atoms with van der Waals surface area (Å²) in [7, 11) is 0. The van der Waals surface area contributed by atoms with Crippen LogP contribution in [0.3, 0.4) is 0 Å². The summed E-state index contributed by atoms with van der Waals surface area (Å²) in [6.45, 7) is 6.75. The van der Waals surface area contributed by atoms with E-state index in [0.717, 1.165) is 65.1 Å². The largest absolute Gasteiger partial charge is 0.341 e. The summed E-state index contributed by atoms with van der Waals surface area (Å²) in [5.74, 6) is 0.567. The first kappa shape index (κ1) is 15.5. The highest BCUT2D eigenvalue weighted by Gasteiger charge is 2.29. The van der Waals surface area contributed by atoms with Crippen molar-refractivity contribution >= 4 is 5.91 Å². The summed E-state index contributed by atoms with van der Waals surface area (Å²) in [6.07, 6.45) is 3.26. The maximum absolute atomic E-state index is 12.8. The first-order valence-electron chi connectivity index (χ1n) is 8.59. The summed E-state index contributed by atoms with van der Waals surface area (Å²) in [4.78, 5) is 17.3. The number of carbonyl (C=O) groups excluding carboxylic acids is 1. The molecule has 0 spiro atoms. The predicted molar refractivity (Wildman–Crippen MR) is 88.5 cm³/mol. The minimum Gasteiger partial charge on any atom is -0.341 e. The fraction of sp³-hybridized carbons (Fsp3) is 0.611. The Bertz CT molecular complexity index is 468. The summed E-state index contributed by atoms with van der Waals surface area (Å²) in [5, 5.41) is 3.37. The Hall–Kier alpha value is -1.39. The number of hydrogen-bond acceptors (Lipinski definition) is 3. The second kappa shape index (κ2) is 7.75. The van der Waals surface area contributed by atoms with Crippen LogP contribution in [0.2, 0.25) is 0 Å². The molecule has 1 unspecified atom stereocenters. The molecule has 2 aliphatic heterocycles. The predicted octanol–water partition coefficient (Wildman–Crippen LogP) is 1.72. The van der Waals surface area contributed by atoms with Crippen molar-refractivity contribution in [2.45, 2.75) is 25.8 Å². The van der Waals surface area contributed by atoms with E-state index in [4.69, 9.17) is 0 Å². The molecular formula is C18H27N3O. The molecule has 3 rings (SSSR count). The molecule has 1 N–H and O–H groups in total. The van der Waals surface area contributed by atoms with Gasteiger partial charge in [-0.25, -0.2) is 0 Å². The van der Waals surface area contributed by atoms with Crippen LogP contribution in [0.4, 0.5) is 0 Å². The highest BCUT2D eigenvalue weighted by atomic mass is 16.2. The fourth-order valence-corrected chi connectivity index (χ4v) is 3.57. The van der Waals surface area contributed by atoms with Crippen molar-refractivity contribution in [2.24, 2.45) is 5.92 Å². The second-order valence-corrected chi connectivity index (χ2v) is 6.49. The van der Waals surface area contributed by atoms with E-state index in [0.29, 0.717) is 5.91 Å². The summed E-state index contributed by atoms with van der Waals surface area (Å²) in [5.41, 5.74) is 1.34. The van der Waals surface area contributed by atoms with Gasteiger partial charge in [0.05, 0.1) is 5.92 Å². The molecule has 0 bridgehead atoms. The van der Waals surface area contributed by atoms with Gasteiger partial charge in [0.25, 0.3) is 0 Å². The first-order chi connectivity index (χ1) is 10.8. The molecule has 0 aliphatic carbocycles. The zero-order chi connectivity index (χ0) is 15.2. The molecule has 2 fully saturated rings. The molecule has 0 aromatic heterocycles. The molecular weight excluding hydrogens is 274 g/mol. The van der Waals surface area contributed by atoms with Crippen LogP contribution in [0.5, 0.6) is 0 Å². The van der Waals surface area contributed by atoms with E-state index in [9.17, 15) is 4.79 Å². The summed E-state index contributed by atoms with van der Waals surface area (Å²) >= 11 is 0. The summed E-state index contributed by atoms with van der Waals surface area (Å²) in [6, 6.07) is 10.6. The number of hydrogen-bond donors (Lipinski definition) is 1. The molecule has 1 aromatic carbocycles. The molecule has 22 heavy (non-hydrogen) atoms. The van der Waals surface area contributed by atoms with Crippen molar-refractivity contribution in [2.75, 3.05) is 39.3 Å². The zero-order valence-corrected chi connectivity index (χ0v) is 13.3. The van der Waals surface area contributed by atoms with Crippen molar-refractivity contribution in [3.63, 3.8) is 0 Å². The minimum absolute atomic E-state index is 0.190. The van der Waals surface area contributed by atoms with Crippen LogP contribution in [0.1, 0.15) is 24.8 Å². The third kappa shape index (κ3) is 4.08. The first-order valence-corrected chi connectivity index (χ1v) is 8.59. The van der Waals surface area contributed by atoms with Crippen LogP contribution in [-0.4, -0.2) is 55.0 Å². The molecule has 0 radical (unpaired) electrons. The number of benzene rings is 1. The average Bonchev–Trinajstić information content (AvgIpc) is 2.85. The maximum atomic E-state index is 12.8. The van der Waals surface area contributed by atoms with Gasteiger partial charge in [0.1, 0.15) is 0 Å². The number of piperidine rings is 1. The van der Waals surface area contributed by atoms with Crippen LogP contribution in [-0.2, 0) is 11.3 Å². The third-order valence-electron chi connectivity index (χ3n) is 4.76. The monoisotopic (exact) mass is 301 g/mol. The van der Waals surface area contributed by atoms with E-state index < -0.39 is 0 Å². The lowest BCUT2D eigenvalue weighted by atomic mass is 9.96. The van der Waals surface area contributed by atoms with Crippen LogP contribution in [0, 0.1) is 5.92 Å². The van der Waals surface area contributed by atoms with Crippen molar-refractivity contribution in [1.29, 1.82) is 0 Å². The van der Waals surface area contributed by atoms with Gasteiger partial charge >= 0.3 is 0 Å². The second-order valence-electron chi connectivity index (χ2n) is 6.49. The minimum atomic E-state index is 0.190. The van der Waals surface area contributed by atoms with Crippen molar-refractivity contribution in [3.05, 3.63) is 35.9 Å². The van der Waals surface area contributed by atoms with Gasteiger partial charge in [-0.15, -0.1) is 0 Å². The van der Waals surface area contributed by atoms with Crippen LogP contribution >= 0.6 is 0 Å². The van der Waals surface area contributed by atoms with E-state index >= 15 is 0 Å². The normalized spacial score (nSPS) is 24.0. The van der Waals surface area contributed by atoms with Gasteiger partial charge in [0, 0.05) is 32.7 Å². The molecule has 1 amide bonds. The smallest absolute Gasteiger partial charge is 0.227 e. The molecule has 2 saturated heterocycles. The molecule has 4 nitrogen and oxygen atoms in total. The fourth-order valence-electron chi connectivity index (χ4n) is 3.57. The van der Waals surface area contributed by atoms with Crippen LogP contribution in [0.15, 0.2) is 30.3 Å². The van der Waals surface area contributed by atoms with Crippen molar-refractivity contribution in [1.82, 2.24) is 15.1 Å². The van der Waals surface area contributed by atoms with E-state index in [2.05, 4.69) is 45.4 Å². The molecule has 120 valence electrons. The van der Waals surface area contributed by atoms with E-state index in [1.807, 2.05) is 0 Å².